The Hall–Kier alpha value is -1.79. The molecule has 6 nitrogen and oxygen atoms in total. The summed E-state index contributed by atoms with van der Waals surface area (Å²) in [4.78, 5) is 14.4. The fourth-order valence-electron chi connectivity index (χ4n) is 2.37. The molecule has 1 heterocycles. The van der Waals surface area contributed by atoms with Crippen LogP contribution in [0, 0.1) is 0 Å². The molecule has 21 heavy (non-hydrogen) atoms. The average Bonchev–Trinajstić information content (AvgIpc) is 2.54. The molecule has 0 bridgehead atoms. The minimum atomic E-state index is -0.0309. The number of ether oxygens (including phenoxy) is 3. The smallest absolute Gasteiger partial charge is 0.254 e. The maximum absolute atomic E-state index is 12.6. The average molecular weight is 294 g/mol. The molecule has 1 fully saturated rings. The fourth-order valence-corrected chi connectivity index (χ4v) is 2.37. The molecule has 116 valence electrons. The number of nitrogens with zero attached hydrogens (tertiary/aromatic N) is 1. The number of rotatable bonds is 5. The van der Waals surface area contributed by atoms with E-state index in [0.29, 0.717) is 36.8 Å². The summed E-state index contributed by atoms with van der Waals surface area (Å²) >= 11 is 0. The van der Waals surface area contributed by atoms with Gasteiger partial charge in [-0.25, -0.2) is 0 Å². The Morgan fingerprint density at radius 2 is 2.00 bits per heavy atom. The lowest BCUT2D eigenvalue weighted by Crippen LogP contribution is -2.48. The van der Waals surface area contributed by atoms with Crippen LogP contribution in [0.1, 0.15) is 10.4 Å². The van der Waals surface area contributed by atoms with Gasteiger partial charge < -0.3 is 24.4 Å². The fraction of sp³-hybridized carbons (Fsp3) is 0.533. The molecule has 0 aliphatic carbocycles. The summed E-state index contributed by atoms with van der Waals surface area (Å²) in [5.41, 5.74) is 0.566. The summed E-state index contributed by atoms with van der Waals surface area (Å²) in [7, 11) is 5.01. The second-order valence-electron chi connectivity index (χ2n) is 4.90. The van der Waals surface area contributed by atoms with E-state index in [-0.39, 0.29) is 12.0 Å². The van der Waals surface area contributed by atoms with Crippen LogP contribution in [-0.4, -0.2) is 64.4 Å². The van der Waals surface area contributed by atoms with Gasteiger partial charge in [-0.1, -0.05) is 0 Å². The molecule has 0 spiro atoms. The number of likely N-dealkylation sites (N-methyl/N-ethyl adjacent to an activating group) is 1. The molecule has 1 N–H and O–H groups in total. The van der Waals surface area contributed by atoms with Crippen molar-refractivity contribution in [2.24, 2.45) is 0 Å². The van der Waals surface area contributed by atoms with Crippen LogP contribution in [0.25, 0.3) is 0 Å². The predicted octanol–water partition coefficient (Wildman–Crippen LogP) is 0.764. The molecular weight excluding hydrogens is 272 g/mol. The normalized spacial score (nSPS) is 18.4. The van der Waals surface area contributed by atoms with E-state index < -0.39 is 0 Å². The molecule has 0 saturated carbocycles. The highest BCUT2D eigenvalue weighted by molar-refractivity contribution is 5.95. The quantitative estimate of drug-likeness (QED) is 0.869. The van der Waals surface area contributed by atoms with Crippen LogP contribution in [0.4, 0.5) is 0 Å². The van der Waals surface area contributed by atoms with Crippen LogP contribution in [0.2, 0.25) is 0 Å². The Balaban J connectivity index is 2.15. The standard InChI is InChI=1S/C15H22N2O4/c1-16-9-14-10-17(4-5-21-14)15(18)11-6-12(19-2)8-13(7-11)20-3/h6-8,14,16H,4-5,9-10H2,1-3H3. The first-order valence-electron chi connectivity index (χ1n) is 6.96. The van der Waals surface area contributed by atoms with E-state index in [0.717, 1.165) is 6.54 Å². The van der Waals surface area contributed by atoms with Crippen LogP contribution < -0.4 is 14.8 Å². The zero-order valence-corrected chi connectivity index (χ0v) is 12.7. The summed E-state index contributed by atoms with van der Waals surface area (Å²) in [5.74, 6) is 1.19. The Labute approximate surface area is 125 Å². The number of hydrogen-bond acceptors (Lipinski definition) is 5. The first-order chi connectivity index (χ1) is 10.2. The van der Waals surface area contributed by atoms with Gasteiger partial charge in [-0.05, 0) is 19.2 Å². The second kappa shape index (κ2) is 7.28. The summed E-state index contributed by atoms with van der Waals surface area (Å²) in [6, 6.07) is 5.21. The predicted molar refractivity (Wildman–Crippen MR) is 79.1 cm³/mol. The molecule has 1 aromatic rings. The highest BCUT2D eigenvalue weighted by Crippen LogP contribution is 2.24. The number of carbonyl (C=O) groups is 1. The van der Waals surface area contributed by atoms with Gasteiger partial charge in [0.05, 0.1) is 26.9 Å². The Morgan fingerprint density at radius 3 is 2.57 bits per heavy atom. The maximum Gasteiger partial charge on any atom is 0.254 e. The van der Waals surface area contributed by atoms with Gasteiger partial charge in [-0.3, -0.25) is 4.79 Å². The van der Waals surface area contributed by atoms with Crippen molar-refractivity contribution in [2.75, 3.05) is 47.5 Å². The third-order valence-electron chi connectivity index (χ3n) is 3.46. The van der Waals surface area contributed by atoms with E-state index in [1.165, 1.54) is 0 Å². The first kappa shape index (κ1) is 15.6. The third kappa shape index (κ3) is 3.86. The Kier molecular flexibility index (Phi) is 5.41. The highest BCUT2D eigenvalue weighted by atomic mass is 16.5. The van der Waals surface area contributed by atoms with E-state index in [9.17, 15) is 4.79 Å². The van der Waals surface area contributed by atoms with Crippen molar-refractivity contribution in [2.45, 2.75) is 6.10 Å². The van der Waals surface area contributed by atoms with Crippen LogP contribution in [0.5, 0.6) is 11.5 Å². The van der Waals surface area contributed by atoms with Gasteiger partial charge >= 0.3 is 0 Å². The topological polar surface area (TPSA) is 60.0 Å². The minimum absolute atomic E-state index is 0.0280. The van der Waals surface area contributed by atoms with Crippen molar-refractivity contribution in [3.8, 4) is 11.5 Å². The monoisotopic (exact) mass is 294 g/mol. The second-order valence-corrected chi connectivity index (χ2v) is 4.90. The molecule has 1 saturated heterocycles. The number of nitrogens with one attached hydrogen (secondary N) is 1. The molecular formula is C15H22N2O4. The van der Waals surface area contributed by atoms with Crippen molar-refractivity contribution in [3.05, 3.63) is 23.8 Å². The first-order valence-corrected chi connectivity index (χ1v) is 6.96. The van der Waals surface area contributed by atoms with E-state index >= 15 is 0 Å². The molecule has 1 unspecified atom stereocenters. The highest BCUT2D eigenvalue weighted by Gasteiger charge is 2.25. The van der Waals surface area contributed by atoms with E-state index in [2.05, 4.69) is 5.32 Å². The van der Waals surface area contributed by atoms with Gasteiger partial charge in [0, 0.05) is 31.3 Å². The zero-order chi connectivity index (χ0) is 15.2. The number of methoxy groups -OCH3 is 2. The lowest BCUT2D eigenvalue weighted by molar-refractivity contribution is -0.0196. The summed E-state index contributed by atoms with van der Waals surface area (Å²) < 4.78 is 16.0. The summed E-state index contributed by atoms with van der Waals surface area (Å²) in [6.07, 6.45) is 0.0280. The molecule has 1 aliphatic rings. The van der Waals surface area contributed by atoms with Crippen molar-refractivity contribution < 1.29 is 19.0 Å². The number of amides is 1. The van der Waals surface area contributed by atoms with E-state index in [4.69, 9.17) is 14.2 Å². The molecule has 2 rings (SSSR count). The largest absolute Gasteiger partial charge is 0.497 e. The van der Waals surface area contributed by atoms with E-state index in [1.54, 1.807) is 37.3 Å². The molecule has 0 aromatic heterocycles. The number of carbonyl (C=O) groups excluding carboxylic acids is 1. The van der Waals surface area contributed by atoms with Gasteiger partial charge in [0.15, 0.2) is 0 Å². The molecule has 1 aromatic carbocycles. The summed E-state index contributed by atoms with van der Waals surface area (Å²) in [5, 5.41) is 3.07. The van der Waals surface area contributed by atoms with Gasteiger partial charge in [-0.15, -0.1) is 0 Å². The van der Waals surface area contributed by atoms with Crippen molar-refractivity contribution in [1.82, 2.24) is 10.2 Å². The zero-order valence-electron chi connectivity index (χ0n) is 12.7. The van der Waals surface area contributed by atoms with Crippen molar-refractivity contribution >= 4 is 5.91 Å². The third-order valence-corrected chi connectivity index (χ3v) is 3.46. The molecule has 1 atom stereocenters. The Bertz CT molecular complexity index is 468. The number of hydrogen-bond donors (Lipinski definition) is 1. The van der Waals surface area contributed by atoms with Gasteiger partial charge in [0.2, 0.25) is 0 Å². The van der Waals surface area contributed by atoms with Crippen molar-refractivity contribution in [1.29, 1.82) is 0 Å². The number of morpholine rings is 1. The minimum Gasteiger partial charge on any atom is -0.497 e. The van der Waals surface area contributed by atoms with Crippen LogP contribution in [-0.2, 0) is 4.74 Å². The van der Waals surface area contributed by atoms with Crippen LogP contribution in [0.3, 0.4) is 0 Å². The maximum atomic E-state index is 12.6. The van der Waals surface area contributed by atoms with Gasteiger partial charge in [-0.2, -0.15) is 0 Å². The summed E-state index contributed by atoms with van der Waals surface area (Å²) in [6.45, 7) is 2.46. The van der Waals surface area contributed by atoms with Crippen LogP contribution in [0.15, 0.2) is 18.2 Å². The van der Waals surface area contributed by atoms with Gasteiger partial charge in [0.1, 0.15) is 11.5 Å². The number of benzene rings is 1. The molecule has 0 radical (unpaired) electrons. The molecule has 1 amide bonds. The SMILES string of the molecule is CNCC1CN(C(=O)c2cc(OC)cc(OC)c2)CCO1. The van der Waals surface area contributed by atoms with E-state index in [1.807, 2.05) is 7.05 Å². The van der Waals surface area contributed by atoms with Crippen molar-refractivity contribution in [3.63, 3.8) is 0 Å². The lowest BCUT2D eigenvalue weighted by atomic mass is 10.1. The Morgan fingerprint density at radius 1 is 1.33 bits per heavy atom. The van der Waals surface area contributed by atoms with Gasteiger partial charge in [0.25, 0.3) is 5.91 Å². The molecule has 1 aliphatic heterocycles. The lowest BCUT2D eigenvalue weighted by Gasteiger charge is -2.33. The van der Waals surface area contributed by atoms with Crippen LogP contribution >= 0.6 is 0 Å². The molecule has 6 heteroatoms.